The van der Waals surface area contributed by atoms with Crippen LogP contribution in [0.25, 0.3) is 0 Å². The first-order valence-corrected chi connectivity index (χ1v) is 6.41. The first kappa shape index (κ1) is 19.8. The zero-order valence-electron chi connectivity index (χ0n) is 13.0. The lowest BCUT2D eigenvalue weighted by molar-refractivity contribution is -0.183. The molecule has 0 aromatic carbocycles. The molecule has 0 aromatic heterocycles. The molecule has 0 saturated carbocycles. The Morgan fingerprint density at radius 3 is 1.55 bits per heavy atom. The third kappa shape index (κ3) is 10.6. The summed E-state index contributed by atoms with van der Waals surface area (Å²) in [5.41, 5.74) is 0. The second-order valence-electron chi connectivity index (χ2n) is 4.22. The highest BCUT2D eigenvalue weighted by Gasteiger charge is 2.29. The van der Waals surface area contributed by atoms with E-state index in [2.05, 4.69) is 4.74 Å². The highest BCUT2D eigenvalue weighted by Crippen LogP contribution is 2.08. The van der Waals surface area contributed by atoms with Crippen molar-refractivity contribution in [2.45, 2.75) is 39.9 Å². The van der Waals surface area contributed by atoms with Crippen LogP contribution in [0.15, 0.2) is 0 Å². The molecule has 0 saturated heterocycles. The number of esters is 4. The molecule has 9 heteroatoms. The molecule has 126 valence electrons. The number of hydrogen-bond donors (Lipinski definition) is 0. The average molecular weight is 320 g/mol. The summed E-state index contributed by atoms with van der Waals surface area (Å²) in [5, 5.41) is 0. The van der Waals surface area contributed by atoms with Gasteiger partial charge in [-0.2, -0.15) is 0 Å². The lowest BCUT2D eigenvalue weighted by Gasteiger charge is -2.25. The van der Waals surface area contributed by atoms with Gasteiger partial charge in [0.2, 0.25) is 0 Å². The predicted octanol–water partition coefficient (Wildman–Crippen LogP) is -0.0499. The number of ether oxygens (including phenoxy) is 5. The van der Waals surface area contributed by atoms with E-state index in [9.17, 15) is 19.2 Å². The summed E-state index contributed by atoms with van der Waals surface area (Å²) in [4.78, 5) is 43.7. The van der Waals surface area contributed by atoms with Crippen LogP contribution in [0.4, 0.5) is 0 Å². The topological polar surface area (TPSA) is 114 Å². The Hall–Kier alpha value is -2.16. The van der Waals surface area contributed by atoms with E-state index < -0.39 is 36.1 Å². The molecule has 0 N–H and O–H groups in total. The van der Waals surface area contributed by atoms with Crippen LogP contribution in [0.2, 0.25) is 0 Å². The monoisotopic (exact) mass is 320 g/mol. The van der Waals surface area contributed by atoms with Gasteiger partial charge in [0.25, 0.3) is 0 Å². The molecule has 0 aliphatic heterocycles. The van der Waals surface area contributed by atoms with Crippen LogP contribution in [0.5, 0.6) is 0 Å². The number of carbonyl (C=O) groups is 4. The van der Waals surface area contributed by atoms with Gasteiger partial charge in [-0.1, -0.05) is 0 Å². The van der Waals surface area contributed by atoms with Crippen LogP contribution in [0, 0.1) is 0 Å². The minimum absolute atomic E-state index is 0.216. The van der Waals surface area contributed by atoms with Crippen LogP contribution in [0.1, 0.15) is 27.7 Å². The quantitative estimate of drug-likeness (QED) is 0.249. The average Bonchev–Trinajstić information content (AvgIpc) is 2.36. The Morgan fingerprint density at radius 2 is 1.14 bits per heavy atom. The van der Waals surface area contributed by atoms with Crippen LogP contribution < -0.4 is 0 Å². The lowest BCUT2D eigenvalue weighted by Crippen LogP contribution is -2.41. The number of rotatable bonds is 9. The zero-order chi connectivity index (χ0) is 17.1. The molecule has 0 aliphatic rings. The van der Waals surface area contributed by atoms with Gasteiger partial charge >= 0.3 is 23.9 Å². The van der Waals surface area contributed by atoms with Gasteiger partial charge in [-0.3, -0.25) is 19.2 Å². The van der Waals surface area contributed by atoms with E-state index in [1.165, 1.54) is 13.8 Å². The van der Waals surface area contributed by atoms with Gasteiger partial charge in [0.05, 0.1) is 6.61 Å². The van der Waals surface area contributed by atoms with Crippen LogP contribution in [-0.2, 0) is 42.9 Å². The summed E-state index contributed by atoms with van der Waals surface area (Å²) in [6.07, 6.45) is -2.06. The summed E-state index contributed by atoms with van der Waals surface area (Å²) in [5.74, 6) is -2.41. The van der Waals surface area contributed by atoms with Gasteiger partial charge in [0.1, 0.15) is 6.61 Å². The van der Waals surface area contributed by atoms with Crippen molar-refractivity contribution < 1.29 is 42.9 Å². The van der Waals surface area contributed by atoms with E-state index in [1.54, 1.807) is 0 Å². The minimum atomic E-state index is -1.04. The molecular formula is C13H20O9. The van der Waals surface area contributed by atoms with Gasteiger partial charge in [0.15, 0.2) is 19.0 Å². The van der Waals surface area contributed by atoms with E-state index in [0.29, 0.717) is 0 Å². The summed E-state index contributed by atoms with van der Waals surface area (Å²) in [7, 11) is 0. The van der Waals surface area contributed by atoms with Crippen LogP contribution >= 0.6 is 0 Å². The summed E-state index contributed by atoms with van der Waals surface area (Å²) >= 11 is 0. The van der Waals surface area contributed by atoms with E-state index in [1.807, 2.05) is 0 Å². The largest absolute Gasteiger partial charge is 0.462 e. The Balaban J connectivity index is 4.70. The zero-order valence-corrected chi connectivity index (χ0v) is 13.0. The van der Waals surface area contributed by atoms with Crippen molar-refractivity contribution in [3.05, 3.63) is 0 Å². The van der Waals surface area contributed by atoms with Crippen molar-refractivity contribution in [3.63, 3.8) is 0 Å². The molecular weight excluding hydrogens is 300 g/mol. The standard InChI is InChI=1S/C13H20O9/c1-8(14)19-6-13(22-11(4)17)12(21-10(3)16)5-18-7-20-9(2)15/h12-13H,5-7H2,1-4H3. The first-order chi connectivity index (χ1) is 10.2. The second-order valence-corrected chi connectivity index (χ2v) is 4.22. The fourth-order valence-corrected chi connectivity index (χ4v) is 1.35. The van der Waals surface area contributed by atoms with E-state index >= 15 is 0 Å². The molecule has 0 heterocycles. The molecule has 0 spiro atoms. The maximum atomic E-state index is 11.1. The maximum absolute atomic E-state index is 11.1. The Bertz CT molecular complexity index is 404. The van der Waals surface area contributed by atoms with Crippen molar-refractivity contribution in [2.24, 2.45) is 0 Å². The van der Waals surface area contributed by atoms with E-state index in [0.717, 1.165) is 13.8 Å². The SMILES string of the molecule is CC(=O)OCOCC(OC(C)=O)C(COC(C)=O)OC(C)=O. The van der Waals surface area contributed by atoms with Gasteiger partial charge in [-0.25, -0.2) is 0 Å². The highest BCUT2D eigenvalue weighted by atomic mass is 16.7. The molecule has 0 fully saturated rings. The van der Waals surface area contributed by atoms with Crippen molar-refractivity contribution in [1.29, 1.82) is 0 Å². The van der Waals surface area contributed by atoms with Crippen molar-refractivity contribution in [3.8, 4) is 0 Å². The normalized spacial score (nSPS) is 12.7. The third-order valence-electron chi connectivity index (χ3n) is 2.13. The fourth-order valence-electron chi connectivity index (χ4n) is 1.35. The van der Waals surface area contributed by atoms with Crippen molar-refractivity contribution >= 4 is 23.9 Å². The Kier molecular flexibility index (Phi) is 9.51. The second kappa shape index (κ2) is 10.6. The summed E-state index contributed by atoms with van der Waals surface area (Å²) in [6.45, 7) is 3.84. The molecule has 2 unspecified atom stereocenters. The Labute approximate surface area is 127 Å². The molecule has 22 heavy (non-hydrogen) atoms. The summed E-state index contributed by atoms with van der Waals surface area (Å²) < 4.78 is 24.3. The maximum Gasteiger partial charge on any atom is 0.304 e. The molecule has 0 aromatic rings. The molecule has 0 aliphatic carbocycles. The van der Waals surface area contributed by atoms with Gasteiger partial charge in [0, 0.05) is 27.7 Å². The highest BCUT2D eigenvalue weighted by molar-refractivity contribution is 5.68. The fraction of sp³-hybridized carbons (Fsp3) is 0.692. The number of hydrogen-bond acceptors (Lipinski definition) is 9. The van der Waals surface area contributed by atoms with Crippen LogP contribution in [-0.4, -0.2) is 56.1 Å². The van der Waals surface area contributed by atoms with Crippen LogP contribution in [0.3, 0.4) is 0 Å². The lowest BCUT2D eigenvalue weighted by atomic mass is 10.2. The first-order valence-electron chi connectivity index (χ1n) is 6.41. The van der Waals surface area contributed by atoms with Crippen molar-refractivity contribution in [1.82, 2.24) is 0 Å². The molecule has 9 nitrogen and oxygen atoms in total. The number of carbonyl (C=O) groups excluding carboxylic acids is 4. The van der Waals surface area contributed by atoms with E-state index in [4.69, 9.17) is 18.9 Å². The van der Waals surface area contributed by atoms with Gasteiger partial charge in [-0.05, 0) is 0 Å². The third-order valence-corrected chi connectivity index (χ3v) is 2.13. The summed E-state index contributed by atoms with van der Waals surface area (Å²) in [6, 6.07) is 0. The van der Waals surface area contributed by atoms with Gasteiger partial charge in [-0.15, -0.1) is 0 Å². The van der Waals surface area contributed by atoms with E-state index in [-0.39, 0.29) is 20.0 Å². The predicted molar refractivity (Wildman–Crippen MR) is 70.3 cm³/mol. The van der Waals surface area contributed by atoms with Crippen molar-refractivity contribution in [2.75, 3.05) is 20.0 Å². The van der Waals surface area contributed by atoms with Gasteiger partial charge < -0.3 is 23.7 Å². The molecule has 0 rings (SSSR count). The molecule has 0 radical (unpaired) electrons. The molecule has 0 bridgehead atoms. The molecule has 2 atom stereocenters. The Morgan fingerprint density at radius 1 is 0.682 bits per heavy atom. The minimum Gasteiger partial charge on any atom is -0.462 e. The smallest absolute Gasteiger partial charge is 0.304 e. The molecule has 0 amide bonds.